The van der Waals surface area contributed by atoms with E-state index in [-0.39, 0.29) is 6.04 Å². The van der Waals surface area contributed by atoms with Crippen LogP contribution in [0.15, 0.2) is 48.5 Å². The third-order valence-corrected chi connectivity index (χ3v) is 4.84. The predicted molar refractivity (Wildman–Crippen MR) is 86.1 cm³/mol. The third-order valence-electron chi connectivity index (χ3n) is 3.48. The van der Waals surface area contributed by atoms with Crippen molar-refractivity contribution in [3.63, 3.8) is 0 Å². The fourth-order valence-corrected chi connectivity index (χ4v) is 3.29. The molecule has 3 heteroatoms. The van der Waals surface area contributed by atoms with Crippen LogP contribution in [0.25, 0.3) is 10.9 Å². The molecule has 2 N–H and O–H groups in total. The van der Waals surface area contributed by atoms with E-state index in [1.807, 2.05) is 29.5 Å². The van der Waals surface area contributed by atoms with Crippen LogP contribution < -0.4 is 5.73 Å². The highest BCUT2D eigenvalue weighted by atomic mass is 32.1. The molecule has 0 saturated heterocycles. The molecular weight excluding hydrogens is 264 g/mol. The maximum atomic E-state index is 6.31. The summed E-state index contributed by atoms with van der Waals surface area (Å²) in [6.45, 7) is 2.17. The first-order valence-electron chi connectivity index (χ1n) is 6.95. The van der Waals surface area contributed by atoms with Gasteiger partial charge in [0.25, 0.3) is 0 Å². The summed E-state index contributed by atoms with van der Waals surface area (Å²) in [6.07, 6.45) is 1.86. The van der Waals surface area contributed by atoms with E-state index in [4.69, 9.17) is 10.7 Å². The second-order valence-corrected chi connectivity index (χ2v) is 6.16. The van der Waals surface area contributed by atoms with Crippen LogP contribution in [0.4, 0.5) is 0 Å². The molecule has 1 aromatic carbocycles. The molecule has 3 aromatic rings. The van der Waals surface area contributed by atoms with Crippen LogP contribution in [-0.4, -0.2) is 4.98 Å². The molecule has 0 spiro atoms. The van der Waals surface area contributed by atoms with Crippen molar-refractivity contribution in [2.24, 2.45) is 5.73 Å². The molecule has 102 valence electrons. The molecule has 2 nitrogen and oxygen atoms in total. The van der Waals surface area contributed by atoms with Gasteiger partial charge >= 0.3 is 0 Å². The van der Waals surface area contributed by atoms with Crippen LogP contribution in [-0.2, 0) is 12.8 Å². The van der Waals surface area contributed by atoms with E-state index in [1.165, 1.54) is 15.1 Å². The smallest absolute Gasteiger partial charge is 0.0705 e. The number of pyridine rings is 1. The van der Waals surface area contributed by atoms with E-state index < -0.39 is 0 Å². The second kappa shape index (κ2) is 5.73. The van der Waals surface area contributed by atoms with Gasteiger partial charge in [-0.05, 0) is 30.7 Å². The molecule has 2 aromatic heterocycles. The highest BCUT2D eigenvalue weighted by molar-refractivity contribution is 7.12. The number of thiophene rings is 1. The quantitative estimate of drug-likeness (QED) is 0.782. The van der Waals surface area contributed by atoms with Gasteiger partial charge in [0.15, 0.2) is 0 Å². The summed E-state index contributed by atoms with van der Waals surface area (Å²) in [5, 5.41) is 1.18. The van der Waals surface area contributed by atoms with Gasteiger partial charge < -0.3 is 5.73 Å². The number of aryl methyl sites for hydroxylation is 1. The van der Waals surface area contributed by atoms with Crippen molar-refractivity contribution in [1.29, 1.82) is 0 Å². The molecule has 0 saturated carbocycles. The third kappa shape index (κ3) is 2.74. The first kappa shape index (κ1) is 13.3. The molecule has 3 rings (SSSR count). The zero-order valence-corrected chi connectivity index (χ0v) is 12.4. The van der Waals surface area contributed by atoms with Crippen molar-refractivity contribution in [3.05, 3.63) is 64.0 Å². The lowest BCUT2D eigenvalue weighted by Gasteiger charge is -2.09. The van der Waals surface area contributed by atoms with Crippen LogP contribution in [0, 0.1) is 0 Å². The molecule has 20 heavy (non-hydrogen) atoms. The summed E-state index contributed by atoms with van der Waals surface area (Å²) in [5.41, 5.74) is 8.41. The Morgan fingerprint density at radius 2 is 1.95 bits per heavy atom. The Kier molecular flexibility index (Phi) is 3.81. The van der Waals surface area contributed by atoms with Crippen molar-refractivity contribution < 1.29 is 0 Å². The van der Waals surface area contributed by atoms with Crippen LogP contribution in [0.5, 0.6) is 0 Å². The Bertz CT molecular complexity index is 718. The number of benzene rings is 1. The highest BCUT2D eigenvalue weighted by Crippen LogP contribution is 2.25. The molecular formula is C17H18N2S. The van der Waals surface area contributed by atoms with Crippen LogP contribution >= 0.6 is 11.3 Å². The number of nitrogens with zero attached hydrogens (tertiary/aromatic N) is 1. The molecule has 0 fully saturated rings. The van der Waals surface area contributed by atoms with Crippen molar-refractivity contribution in [3.8, 4) is 0 Å². The van der Waals surface area contributed by atoms with Gasteiger partial charge in [-0.1, -0.05) is 31.2 Å². The number of hydrogen-bond acceptors (Lipinski definition) is 3. The Hall–Kier alpha value is -1.71. The zero-order chi connectivity index (χ0) is 13.9. The van der Waals surface area contributed by atoms with Crippen molar-refractivity contribution in [2.75, 3.05) is 0 Å². The van der Waals surface area contributed by atoms with E-state index in [0.29, 0.717) is 0 Å². The minimum Gasteiger partial charge on any atom is -0.323 e. The average molecular weight is 282 g/mol. The van der Waals surface area contributed by atoms with Gasteiger partial charge in [-0.15, -0.1) is 11.3 Å². The van der Waals surface area contributed by atoms with E-state index >= 15 is 0 Å². The average Bonchev–Trinajstić information content (AvgIpc) is 2.96. The van der Waals surface area contributed by atoms with Gasteiger partial charge in [-0.2, -0.15) is 0 Å². The minimum atomic E-state index is 0.0361. The van der Waals surface area contributed by atoms with Crippen LogP contribution in [0.3, 0.4) is 0 Å². The Balaban J connectivity index is 1.81. The highest BCUT2D eigenvalue weighted by Gasteiger charge is 2.11. The summed E-state index contributed by atoms with van der Waals surface area (Å²) in [4.78, 5) is 7.33. The number of para-hydroxylation sites is 1. The van der Waals surface area contributed by atoms with Gasteiger partial charge in [0.1, 0.15) is 0 Å². The summed E-state index contributed by atoms with van der Waals surface area (Å²) in [7, 11) is 0. The van der Waals surface area contributed by atoms with Crippen LogP contribution in [0.1, 0.15) is 28.4 Å². The molecule has 0 aliphatic heterocycles. The molecule has 0 amide bonds. The molecule has 1 unspecified atom stereocenters. The largest absolute Gasteiger partial charge is 0.323 e. The first-order valence-corrected chi connectivity index (χ1v) is 7.77. The van der Waals surface area contributed by atoms with E-state index in [2.05, 4.69) is 37.3 Å². The van der Waals surface area contributed by atoms with Crippen molar-refractivity contribution >= 4 is 22.2 Å². The summed E-state index contributed by atoms with van der Waals surface area (Å²) in [6, 6.07) is 16.7. The van der Waals surface area contributed by atoms with E-state index in [0.717, 1.165) is 24.1 Å². The number of nitrogens with two attached hydrogens (primary N) is 1. The van der Waals surface area contributed by atoms with Gasteiger partial charge in [-0.3, -0.25) is 4.98 Å². The number of hydrogen-bond donors (Lipinski definition) is 1. The maximum Gasteiger partial charge on any atom is 0.0705 e. The SMILES string of the molecule is CCc1ccc(C(N)Cc2ccc3ccccc3n2)s1. The number of aromatic nitrogens is 1. The van der Waals surface area contributed by atoms with Gasteiger partial charge in [-0.25, -0.2) is 0 Å². The Morgan fingerprint density at radius 1 is 1.10 bits per heavy atom. The van der Waals surface area contributed by atoms with E-state index in [1.54, 1.807) is 0 Å². The maximum absolute atomic E-state index is 6.31. The van der Waals surface area contributed by atoms with Crippen molar-refractivity contribution in [1.82, 2.24) is 4.98 Å². The summed E-state index contributed by atoms with van der Waals surface area (Å²) in [5.74, 6) is 0. The fourth-order valence-electron chi connectivity index (χ4n) is 2.33. The molecule has 1 atom stereocenters. The van der Waals surface area contributed by atoms with Gasteiger partial charge in [0.05, 0.1) is 5.52 Å². The topological polar surface area (TPSA) is 38.9 Å². The molecule has 2 heterocycles. The van der Waals surface area contributed by atoms with Gasteiger partial charge in [0, 0.05) is 33.3 Å². The zero-order valence-electron chi connectivity index (χ0n) is 11.5. The first-order chi connectivity index (χ1) is 9.76. The Morgan fingerprint density at radius 3 is 2.75 bits per heavy atom. The predicted octanol–water partition coefficient (Wildman–Crippen LogP) is 4.10. The summed E-state index contributed by atoms with van der Waals surface area (Å²) >= 11 is 1.81. The normalized spacial score (nSPS) is 12.7. The van der Waals surface area contributed by atoms with Crippen LogP contribution in [0.2, 0.25) is 0 Å². The standard InChI is InChI=1S/C17H18N2S/c1-2-14-9-10-17(20-14)15(18)11-13-8-7-12-5-3-4-6-16(12)19-13/h3-10,15H,2,11,18H2,1H3. The lowest BCUT2D eigenvalue weighted by Crippen LogP contribution is -2.12. The molecule has 0 aliphatic rings. The monoisotopic (exact) mass is 282 g/mol. The second-order valence-electron chi connectivity index (χ2n) is 4.96. The Labute approximate surface area is 123 Å². The summed E-state index contributed by atoms with van der Waals surface area (Å²) < 4.78 is 0. The number of rotatable bonds is 4. The lowest BCUT2D eigenvalue weighted by atomic mass is 10.1. The fraction of sp³-hybridized carbons (Fsp3) is 0.235. The molecule has 0 bridgehead atoms. The number of fused-ring (bicyclic) bond motifs is 1. The van der Waals surface area contributed by atoms with E-state index in [9.17, 15) is 0 Å². The lowest BCUT2D eigenvalue weighted by molar-refractivity contribution is 0.722. The minimum absolute atomic E-state index is 0.0361. The van der Waals surface area contributed by atoms with Gasteiger partial charge in [0.2, 0.25) is 0 Å². The molecule has 0 aliphatic carbocycles. The molecule has 0 radical (unpaired) electrons. The van der Waals surface area contributed by atoms with Crippen molar-refractivity contribution in [2.45, 2.75) is 25.8 Å².